The van der Waals surface area contributed by atoms with Gasteiger partial charge in [-0.25, -0.2) is 9.37 Å². The van der Waals surface area contributed by atoms with E-state index in [2.05, 4.69) is 25.5 Å². The lowest BCUT2D eigenvalue weighted by molar-refractivity contribution is -0.105. The van der Waals surface area contributed by atoms with Gasteiger partial charge in [0.15, 0.2) is 17.3 Å². The fourth-order valence-electron chi connectivity index (χ4n) is 3.92. The molecule has 32 heavy (non-hydrogen) atoms. The lowest BCUT2D eigenvalue weighted by Gasteiger charge is -2.30. The minimum atomic E-state index is -0.476. The molecular weight excluding hydrogens is 433 g/mol. The van der Waals surface area contributed by atoms with Crippen molar-refractivity contribution in [3.05, 3.63) is 35.6 Å². The Morgan fingerprint density at radius 1 is 1.09 bits per heavy atom. The van der Waals surface area contributed by atoms with Gasteiger partial charge >= 0.3 is 0 Å². The molecule has 1 aromatic carbocycles. The van der Waals surface area contributed by atoms with Gasteiger partial charge in [0.1, 0.15) is 5.69 Å². The largest absolute Gasteiger partial charge is 0.367 e. The average Bonchev–Trinajstić information content (AvgIpc) is 3.53. The molecule has 4 heterocycles. The highest BCUT2D eigenvalue weighted by Crippen LogP contribution is 2.42. The number of nitrogens with one attached hydrogen (secondary N) is 2. The quantitative estimate of drug-likeness (QED) is 0.431. The fraction of sp³-hybridized carbons (Fsp3) is 0.364. The van der Waals surface area contributed by atoms with Crippen molar-refractivity contribution in [2.24, 2.45) is 0 Å². The van der Waals surface area contributed by atoms with Crippen molar-refractivity contribution >= 4 is 46.1 Å². The van der Waals surface area contributed by atoms with Gasteiger partial charge in [0, 0.05) is 30.2 Å². The second-order valence-corrected chi connectivity index (χ2v) is 8.42. The van der Waals surface area contributed by atoms with Crippen LogP contribution in [0.5, 0.6) is 0 Å². The molecule has 0 unspecified atom stereocenters. The molecule has 1 saturated carbocycles. The van der Waals surface area contributed by atoms with Crippen LogP contribution in [-0.2, 0) is 4.79 Å². The molecule has 0 atom stereocenters. The van der Waals surface area contributed by atoms with Crippen molar-refractivity contribution in [3.63, 3.8) is 0 Å². The third-order valence-corrected chi connectivity index (χ3v) is 5.95. The predicted octanol–water partition coefficient (Wildman–Crippen LogP) is 4.79. The van der Waals surface area contributed by atoms with Crippen LogP contribution in [0.3, 0.4) is 0 Å². The zero-order chi connectivity index (χ0) is 22.1. The van der Waals surface area contributed by atoms with E-state index in [0.29, 0.717) is 45.7 Å². The van der Waals surface area contributed by atoms with Gasteiger partial charge in [-0.05, 0) is 19.3 Å². The first-order chi connectivity index (χ1) is 15.7. The van der Waals surface area contributed by atoms with Crippen molar-refractivity contribution in [2.45, 2.75) is 38.5 Å². The number of rotatable bonds is 4. The Balaban J connectivity index is 0.000000666. The van der Waals surface area contributed by atoms with Crippen molar-refractivity contribution < 1.29 is 9.18 Å². The Kier molecular flexibility index (Phi) is 5.65. The summed E-state index contributed by atoms with van der Waals surface area (Å²) in [4.78, 5) is 21.3. The monoisotopic (exact) mass is 455 g/mol. The van der Waals surface area contributed by atoms with Crippen molar-refractivity contribution in [1.82, 2.24) is 24.6 Å². The highest BCUT2D eigenvalue weighted by atomic mass is 35.5. The minimum absolute atomic E-state index is 0.0117. The molecule has 4 aromatic rings. The van der Waals surface area contributed by atoms with Crippen LogP contribution in [0.15, 0.2) is 24.8 Å². The SMILES string of the molecule is C1CC1.O=CNc1cn2cc(-c3c(Cl)c(F)c(N4CCCCC4)c4[nH]ncc34)ncc2n1. The second kappa shape index (κ2) is 8.74. The number of fused-ring (bicyclic) bond motifs is 2. The van der Waals surface area contributed by atoms with Gasteiger partial charge in [-0.15, -0.1) is 0 Å². The predicted molar refractivity (Wildman–Crippen MR) is 123 cm³/mol. The van der Waals surface area contributed by atoms with Gasteiger partial charge in [-0.1, -0.05) is 30.9 Å². The van der Waals surface area contributed by atoms with Crippen molar-refractivity contribution in [1.29, 1.82) is 0 Å². The van der Waals surface area contributed by atoms with Crippen LogP contribution >= 0.6 is 11.6 Å². The summed E-state index contributed by atoms with van der Waals surface area (Å²) < 4.78 is 17.1. The number of amides is 1. The van der Waals surface area contributed by atoms with Crippen LogP contribution in [0, 0.1) is 5.82 Å². The number of aromatic amines is 1. The summed E-state index contributed by atoms with van der Waals surface area (Å²) in [5.74, 6) is -0.0821. The Hall–Kier alpha value is -3.20. The highest BCUT2D eigenvalue weighted by molar-refractivity contribution is 6.35. The molecule has 2 N–H and O–H groups in total. The number of nitrogens with zero attached hydrogens (tertiary/aromatic N) is 5. The number of halogens is 2. The third-order valence-electron chi connectivity index (χ3n) is 5.60. The van der Waals surface area contributed by atoms with E-state index in [1.54, 1.807) is 29.2 Å². The Morgan fingerprint density at radius 3 is 2.56 bits per heavy atom. The highest BCUT2D eigenvalue weighted by Gasteiger charge is 2.26. The van der Waals surface area contributed by atoms with E-state index in [0.717, 1.165) is 32.4 Å². The summed E-state index contributed by atoms with van der Waals surface area (Å²) in [6, 6.07) is 0. The number of carbonyl (C=O) groups excluding carboxylic acids is 1. The van der Waals surface area contributed by atoms with Gasteiger partial charge in [-0.2, -0.15) is 5.10 Å². The fourth-order valence-corrected chi connectivity index (χ4v) is 4.21. The van der Waals surface area contributed by atoms with E-state index in [1.165, 1.54) is 19.3 Å². The molecule has 1 aliphatic carbocycles. The van der Waals surface area contributed by atoms with E-state index in [9.17, 15) is 4.79 Å². The molecule has 1 saturated heterocycles. The van der Waals surface area contributed by atoms with Crippen LogP contribution in [0.2, 0.25) is 5.02 Å². The van der Waals surface area contributed by atoms with Crippen LogP contribution in [0.4, 0.5) is 15.9 Å². The van der Waals surface area contributed by atoms with E-state index < -0.39 is 5.82 Å². The van der Waals surface area contributed by atoms with Gasteiger partial charge in [0.05, 0.1) is 34.8 Å². The number of benzene rings is 1. The van der Waals surface area contributed by atoms with Gasteiger partial charge in [-0.3, -0.25) is 14.9 Å². The number of H-pyrrole nitrogens is 1. The Bertz CT molecular complexity index is 1270. The van der Waals surface area contributed by atoms with Crippen LogP contribution < -0.4 is 10.2 Å². The summed E-state index contributed by atoms with van der Waals surface area (Å²) in [6.45, 7) is 1.57. The zero-order valence-corrected chi connectivity index (χ0v) is 18.2. The molecule has 1 amide bonds. The number of anilines is 2. The first-order valence-corrected chi connectivity index (χ1v) is 11.2. The van der Waals surface area contributed by atoms with Crippen LogP contribution in [0.25, 0.3) is 27.8 Å². The molecule has 1 aliphatic heterocycles. The van der Waals surface area contributed by atoms with Gasteiger partial charge < -0.3 is 14.6 Å². The molecule has 0 spiro atoms. The number of hydrogen-bond donors (Lipinski definition) is 2. The van der Waals surface area contributed by atoms with Crippen molar-refractivity contribution in [2.75, 3.05) is 23.3 Å². The van der Waals surface area contributed by atoms with Gasteiger partial charge in [0.25, 0.3) is 0 Å². The number of hydrogen-bond acceptors (Lipinski definition) is 5. The molecule has 166 valence electrons. The van der Waals surface area contributed by atoms with E-state index >= 15 is 4.39 Å². The lowest BCUT2D eigenvalue weighted by atomic mass is 10.0. The maximum atomic E-state index is 15.4. The molecule has 2 aliphatic rings. The number of imidazole rings is 1. The lowest BCUT2D eigenvalue weighted by Crippen LogP contribution is -2.30. The Morgan fingerprint density at radius 2 is 1.84 bits per heavy atom. The third kappa shape index (κ3) is 3.88. The summed E-state index contributed by atoms with van der Waals surface area (Å²) in [6.07, 6.45) is 14.8. The van der Waals surface area contributed by atoms with Gasteiger partial charge in [0.2, 0.25) is 6.41 Å². The normalized spacial score (nSPS) is 15.5. The molecular formula is C22H23ClFN7O. The molecule has 8 nitrogen and oxygen atoms in total. The minimum Gasteiger partial charge on any atom is -0.367 e. The van der Waals surface area contributed by atoms with E-state index in [4.69, 9.17) is 11.6 Å². The number of piperidine rings is 1. The summed E-state index contributed by atoms with van der Waals surface area (Å²) >= 11 is 6.53. The standard InChI is InChI=1S/C19H17ClFN7O.C3H6/c20-16-15(12-8-28-9-13(23-10-29)25-14(28)7-22-12)11-6-24-26-18(11)19(17(16)21)27-4-2-1-3-5-27;1-2-3-1/h6-10H,1-5H2,(H,23,29)(H,24,26);1-3H2. The molecule has 3 aromatic heterocycles. The topological polar surface area (TPSA) is 91.2 Å². The first-order valence-electron chi connectivity index (χ1n) is 10.8. The molecule has 0 radical (unpaired) electrons. The molecule has 10 heteroatoms. The molecule has 6 rings (SSSR count). The van der Waals surface area contributed by atoms with E-state index in [1.807, 2.05) is 4.90 Å². The summed E-state index contributed by atoms with van der Waals surface area (Å²) in [7, 11) is 0. The smallest absolute Gasteiger partial charge is 0.212 e. The Labute approximate surface area is 188 Å². The number of aromatic nitrogens is 5. The van der Waals surface area contributed by atoms with E-state index in [-0.39, 0.29) is 5.02 Å². The van der Waals surface area contributed by atoms with Crippen LogP contribution in [-0.4, -0.2) is 44.1 Å². The summed E-state index contributed by atoms with van der Waals surface area (Å²) in [5.41, 5.74) is 2.57. The number of carbonyl (C=O) groups is 1. The summed E-state index contributed by atoms with van der Waals surface area (Å²) in [5, 5.41) is 10.3. The second-order valence-electron chi connectivity index (χ2n) is 8.04. The first kappa shape index (κ1) is 20.7. The molecule has 2 fully saturated rings. The average molecular weight is 456 g/mol. The zero-order valence-electron chi connectivity index (χ0n) is 17.4. The van der Waals surface area contributed by atoms with Crippen LogP contribution in [0.1, 0.15) is 38.5 Å². The van der Waals surface area contributed by atoms with Crippen molar-refractivity contribution in [3.8, 4) is 11.3 Å². The maximum Gasteiger partial charge on any atom is 0.212 e. The molecule has 0 bridgehead atoms. The maximum absolute atomic E-state index is 15.4.